The van der Waals surface area contributed by atoms with Crippen molar-refractivity contribution < 1.29 is 8.91 Å². The Hall–Kier alpha value is -0.620. The Balaban J connectivity index is 2.15. The molecule has 1 unspecified atom stereocenters. The van der Waals surface area contributed by atoms with Gasteiger partial charge in [-0.15, -0.1) is 0 Å². The molecular formula is C8H12FN3OS. The fraction of sp³-hybridized carbons (Fsp3) is 0.750. The molecule has 0 radical (unpaired) electrons. The molecule has 1 fully saturated rings. The summed E-state index contributed by atoms with van der Waals surface area (Å²) in [5.74, 6) is 1.34. The zero-order valence-corrected chi connectivity index (χ0v) is 8.73. The van der Waals surface area contributed by atoms with Gasteiger partial charge in [-0.1, -0.05) is 5.16 Å². The van der Waals surface area contributed by atoms with Crippen molar-refractivity contribution in [3.8, 4) is 0 Å². The first-order valence-electron chi connectivity index (χ1n) is 4.46. The predicted octanol–water partition coefficient (Wildman–Crippen LogP) is 1.09. The third-order valence-electron chi connectivity index (χ3n) is 2.23. The van der Waals surface area contributed by atoms with Gasteiger partial charge in [-0.2, -0.15) is 16.7 Å². The van der Waals surface area contributed by atoms with Gasteiger partial charge >= 0.3 is 0 Å². The highest BCUT2D eigenvalue weighted by atomic mass is 32.2. The zero-order chi connectivity index (χ0) is 10.0. The quantitative estimate of drug-likeness (QED) is 0.821. The van der Waals surface area contributed by atoms with Gasteiger partial charge in [-0.25, -0.2) is 4.39 Å². The second-order valence-electron chi connectivity index (χ2n) is 3.34. The van der Waals surface area contributed by atoms with Gasteiger partial charge in [-0.3, -0.25) is 0 Å². The van der Waals surface area contributed by atoms with Gasteiger partial charge in [0.15, 0.2) is 5.82 Å². The van der Waals surface area contributed by atoms with Crippen molar-refractivity contribution in [2.24, 2.45) is 0 Å². The normalized spacial score (nSPS) is 27.0. The molecule has 4 nitrogen and oxygen atoms in total. The molecule has 0 aromatic carbocycles. The van der Waals surface area contributed by atoms with E-state index in [0.717, 1.165) is 0 Å². The van der Waals surface area contributed by atoms with E-state index in [1.54, 1.807) is 11.8 Å². The molecule has 14 heavy (non-hydrogen) atoms. The van der Waals surface area contributed by atoms with Crippen LogP contribution in [0.15, 0.2) is 4.52 Å². The number of halogens is 1. The molecule has 78 valence electrons. The van der Waals surface area contributed by atoms with Crippen molar-refractivity contribution in [3.05, 3.63) is 11.7 Å². The van der Waals surface area contributed by atoms with E-state index >= 15 is 0 Å². The summed E-state index contributed by atoms with van der Waals surface area (Å²) in [5.41, 5.74) is -1.45. The van der Waals surface area contributed by atoms with E-state index in [4.69, 9.17) is 4.52 Å². The van der Waals surface area contributed by atoms with E-state index in [1.165, 1.54) is 0 Å². The lowest BCUT2D eigenvalue weighted by atomic mass is 10.1. The molecule has 1 aromatic rings. The van der Waals surface area contributed by atoms with Gasteiger partial charge in [0.2, 0.25) is 5.67 Å². The summed E-state index contributed by atoms with van der Waals surface area (Å²) in [5, 5.41) is 6.67. The highest BCUT2D eigenvalue weighted by Gasteiger charge is 2.41. The predicted molar refractivity (Wildman–Crippen MR) is 51.8 cm³/mol. The number of rotatable bonds is 3. The molecule has 1 N–H and O–H groups in total. The Morgan fingerprint density at radius 2 is 2.57 bits per heavy atom. The maximum absolute atomic E-state index is 14.0. The standard InChI is InChI=1S/C8H12FN3OS/c1-14-4-6-11-7(13-12-6)8(9)2-3-10-5-8/h10H,2-5H2,1H3. The van der Waals surface area contributed by atoms with E-state index in [0.29, 0.717) is 24.5 Å². The molecule has 1 aliphatic rings. The maximum atomic E-state index is 14.0. The minimum Gasteiger partial charge on any atom is -0.336 e. The number of aromatic nitrogens is 2. The Bertz CT molecular complexity index is 311. The minimum atomic E-state index is -1.45. The maximum Gasteiger partial charge on any atom is 0.265 e. The number of nitrogens with zero attached hydrogens (tertiary/aromatic N) is 2. The van der Waals surface area contributed by atoms with Crippen LogP contribution in [0.4, 0.5) is 4.39 Å². The Kier molecular flexibility index (Phi) is 2.73. The van der Waals surface area contributed by atoms with E-state index < -0.39 is 5.67 Å². The molecule has 2 rings (SSSR count). The van der Waals surface area contributed by atoms with Crippen molar-refractivity contribution in [1.82, 2.24) is 15.5 Å². The van der Waals surface area contributed by atoms with E-state index in [9.17, 15) is 4.39 Å². The largest absolute Gasteiger partial charge is 0.336 e. The van der Waals surface area contributed by atoms with Crippen molar-refractivity contribution in [3.63, 3.8) is 0 Å². The topological polar surface area (TPSA) is 51.0 Å². The molecule has 1 aliphatic heterocycles. The summed E-state index contributed by atoms with van der Waals surface area (Å²) < 4.78 is 18.9. The van der Waals surface area contributed by atoms with Crippen LogP contribution in [0.25, 0.3) is 0 Å². The lowest BCUT2D eigenvalue weighted by Gasteiger charge is -2.10. The number of thioether (sulfide) groups is 1. The third kappa shape index (κ3) is 1.76. The first kappa shape index (κ1) is 9.92. The van der Waals surface area contributed by atoms with Crippen LogP contribution in [0, 0.1) is 0 Å². The first-order valence-corrected chi connectivity index (χ1v) is 5.86. The van der Waals surface area contributed by atoms with Crippen LogP contribution in [0.1, 0.15) is 18.1 Å². The molecule has 2 heterocycles. The molecule has 1 saturated heterocycles. The number of hydrogen-bond acceptors (Lipinski definition) is 5. The second kappa shape index (κ2) is 3.86. The fourth-order valence-electron chi connectivity index (χ4n) is 1.47. The molecule has 0 saturated carbocycles. The lowest BCUT2D eigenvalue weighted by molar-refractivity contribution is 0.133. The third-order valence-corrected chi connectivity index (χ3v) is 2.77. The summed E-state index contributed by atoms with van der Waals surface area (Å²) in [6, 6.07) is 0. The van der Waals surface area contributed by atoms with Crippen molar-refractivity contribution in [2.45, 2.75) is 17.8 Å². The average molecular weight is 217 g/mol. The molecule has 0 amide bonds. The fourth-order valence-corrected chi connectivity index (χ4v) is 1.84. The highest BCUT2D eigenvalue weighted by Crippen LogP contribution is 2.30. The molecule has 0 bridgehead atoms. The van der Waals surface area contributed by atoms with Crippen LogP contribution in [-0.2, 0) is 11.4 Å². The lowest BCUT2D eigenvalue weighted by Crippen LogP contribution is -2.23. The zero-order valence-electron chi connectivity index (χ0n) is 7.92. The number of alkyl halides is 1. The van der Waals surface area contributed by atoms with Crippen LogP contribution < -0.4 is 5.32 Å². The monoisotopic (exact) mass is 217 g/mol. The van der Waals surface area contributed by atoms with E-state index in [2.05, 4.69) is 15.5 Å². The van der Waals surface area contributed by atoms with E-state index in [1.807, 2.05) is 6.26 Å². The van der Waals surface area contributed by atoms with Gasteiger partial charge < -0.3 is 9.84 Å². The number of hydrogen-bond donors (Lipinski definition) is 1. The smallest absolute Gasteiger partial charge is 0.265 e. The first-order chi connectivity index (χ1) is 6.74. The van der Waals surface area contributed by atoms with Gasteiger partial charge in [0, 0.05) is 13.0 Å². The Labute approximate surface area is 85.6 Å². The average Bonchev–Trinajstić information content (AvgIpc) is 2.75. The second-order valence-corrected chi connectivity index (χ2v) is 4.21. The van der Waals surface area contributed by atoms with Crippen LogP contribution in [-0.4, -0.2) is 29.5 Å². The van der Waals surface area contributed by atoms with E-state index in [-0.39, 0.29) is 12.4 Å². The molecule has 1 atom stereocenters. The van der Waals surface area contributed by atoms with Crippen molar-refractivity contribution in [1.29, 1.82) is 0 Å². The van der Waals surface area contributed by atoms with Crippen LogP contribution in [0.5, 0.6) is 0 Å². The van der Waals surface area contributed by atoms with Crippen molar-refractivity contribution >= 4 is 11.8 Å². The van der Waals surface area contributed by atoms with Crippen LogP contribution >= 0.6 is 11.8 Å². The molecular weight excluding hydrogens is 205 g/mol. The summed E-state index contributed by atoms with van der Waals surface area (Å²) in [6.07, 6.45) is 2.35. The van der Waals surface area contributed by atoms with Crippen LogP contribution in [0.3, 0.4) is 0 Å². The minimum absolute atomic E-state index is 0.117. The van der Waals surface area contributed by atoms with Gasteiger partial charge in [0.25, 0.3) is 5.89 Å². The van der Waals surface area contributed by atoms with Crippen LogP contribution in [0.2, 0.25) is 0 Å². The Morgan fingerprint density at radius 1 is 1.71 bits per heavy atom. The molecule has 0 spiro atoms. The number of nitrogens with one attached hydrogen (secondary N) is 1. The molecule has 6 heteroatoms. The summed E-state index contributed by atoms with van der Waals surface area (Å²) in [7, 11) is 0. The van der Waals surface area contributed by atoms with Gasteiger partial charge in [0.05, 0.1) is 5.75 Å². The Morgan fingerprint density at radius 3 is 3.21 bits per heavy atom. The highest BCUT2D eigenvalue weighted by molar-refractivity contribution is 7.97. The summed E-state index contributed by atoms with van der Waals surface area (Å²) in [6.45, 7) is 0.935. The van der Waals surface area contributed by atoms with Gasteiger partial charge in [-0.05, 0) is 12.8 Å². The summed E-state index contributed by atoms with van der Waals surface area (Å²) >= 11 is 1.59. The van der Waals surface area contributed by atoms with Gasteiger partial charge in [0.1, 0.15) is 0 Å². The summed E-state index contributed by atoms with van der Waals surface area (Å²) in [4.78, 5) is 4.04. The molecule has 1 aromatic heterocycles. The van der Waals surface area contributed by atoms with Crippen molar-refractivity contribution in [2.75, 3.05) is 19.3 Å². The SMILES string of the molecule is CSCc1noc(C2(F)CCNC2)n1. The molecule has 0 aliphatic carbocycles.